The lowest BCUT2D eigenvalue weighted by Crippen LogP contribution is -2.43. The molecule has 0 aliphatic carbocycles. The van der Waals surface area contributed by atoms with Gasteiger partial charge < -0.3 is 9.26 Å². The number of ether oxygens (including phenoxy) is 1. The Morgan fingerprint density at radius 1 is 1.17 bits per heavy atom. The van der Waals surface area contributed by atoms with Crippen LogP contribution in [0.1, 0.15) is 24.6 Å². The van der Waals surface area contributed by atoms with E-state index in [0.717, 1.165) is 5.69 Å². The number of aryl methyl sites for hydroxylation is 2. The maximum atomic E-state index is 13.7. The first-order valence-corrected chi connectivity index (χ1v) is 11.1. The molecule has 6 nitrogen and oxygen atoms in total. The van der Waals surface area contributed by atoms with Crippen LogP contribution in [-0.2, 0) is 10.0 Å². The summed E-state index contributed by atoms with van der Waals surface area (Å²) in [4.78, 5) is 0.215. The Bertz CT molecular complexity index is 1170. The monoisotopic (exact) mass is 432 g/mol. The highest BCUT2D eigenvalue weighted by Crippen LogP contribution is 2.40. The fourth-order valence-electron chi connectivity index (χ4n) is 3.37. The maximum absolute atomic E-state index is 13.7. The summed E-state index contributed by atoms with van der Waals surface area (Å²) in [5.41, 5.74) is 2.48. The van der Waals surface area contributed by atoms with Crippen molar-refractivity contribution in [2.45, 2.75) is 38.2 Å². The van der Waals surface area contributed by atoms with Crippen molar-refractivity contribution in [3.63, 3.8) is 0 Å². The maximum Gasteiger partial charge on any atom is 0.264 e. The van der Waals surface area contributed by atoms with Crippen LogP contribution in [0.3, 0.4) is 0 Å². The Balaban J connectivity index is 1.84. The van der Waals surface area contributed by atoms with E-state index in [2.05, 4.69) is 5.16 Å². The molecule has 3 aromatic rings. The van der Waals surface area contributed by atoms with Crippen molar-refractivity contribution in [1.29, 1.82) is 0 Å². The second kappa shape index (κ2) is 7.39. The second-order valence-corrected chi connectivity index (χ2v) is 9.38. The van der Waals surface area contributed by atoms with Gasteiger partial charge in [0.2, 0.25) is 0 Å². The number of aromatic nitrogens is 1. The van der Waals surface area contributed by atoms with E-state index in [4.69, 9.17) is 20.9 Å². The summed E-state index contributed by atoms with van der Waals surface area (Å²) in [5.74, 6) is 1.03. The van der Waals surface area contributed by atoms with E-state index in [9.17, 15) is 8.42 Å². The molecule has 1 atom stereocenters. The summed E-state index contributed by atoms with van der Waals surface area (Å²) >= 11 is 6.15. The Kier molecular flexibility index (Phi) is 5.04. The summed E-state index contributed by atoms with van der Waals surface area (Å²) in [6.45, 7) is 5.78. The first-order chi connectivity index (χ1) is 13.8. The van der Waals surface area contributed by atoms with Crippen LogP contribution < -0.4 is 9.04 Å². The van der Waals surface area contributed by atoms with Crippen molar-refractivity contribution in [2.75, 3.05) is 10.8 Å². The molecule has 0 saturated carbocycles. The Hall–Kier alpha value is -2.51. The van der Waals surface area contributed by atoms with Crippen LogP contribution in [0.15, 0.2) is 51.9 Å². The summed E-state index contributed by atoms with van der Waals surface area (Å²) < 4.78 is 40.1. The minimum Gasteiger partial charge on any atom is -0.486 e. The highest BCUT2D eigenvalue weighted by Gasteiger charge is 2.35. The van der Waals surface area contributed by atoms with Gasteiger partial charge in [-0.2, -0.15) is 0 Å². The zero-order chi connectivity index (χ0) is 20.8. The lowest BCUT2D eigenvalue weighted by Gasteiger charge is -2.35. The van der Waals surface area contributed by atoms with Crippen molar-refractivity contribution < 1.29 is 17.7 Å². The molecule has 0 unspecified atom stereocenters. The fourth-order valence-corrected chi connectivity index (χ4v) is 5.29. The van der Waals surface area contributed by atoms with Crippen LogP contribution in [0, 0.1) is 13.8 Å². The summed E-state index contributed by atoms with van der Waals surface area (Å²) in [6.07, 6.45) is 0.448. The lowest BCUT2D eigenvalue weighted by molar-refractivity contribution is 0.196. The first kappa shape index (κ1) is 19.8. The number of benzene rings is 2. The number of fused-ring (bicyclic) bond motifs is 1. The SMILES string of the molecule is CC[C@@H]1CN(S(=O)(=O)c2cc(-c3cc(C)no3)ccc2C)c2cc(Cl)ccc2O1. The molecule has 1 aliphatic heterocycles. The van der Waals surface area contributed by atoms with Gasteiger partial charge in [0.05, 0.1) is 22.8 Å². The second-order valence-electron chi connectivity index (χ2n) is 7.11. The van der Waals surface area contributed by atoms with Gasteiger partial charge in [-0.05, 0) is 50.1 Å². The number of hydrogen-bond acceptors (Lipinski definition) is 5. The molecule has 0 radical (unpaired) electrons. The van der Waals surface area contributed by atoms with Gasteiger partial charge >= 0.3 is 0 Å². The number of hydrogen-bond donors (Lipinski definition) is 0. The molecular weight excluding hydrogens is 412 g/mol. The lowest BCUT2D eigenvalue weighted by atomic mass is 10.1. The predicted molar refractivity (Wildman–Crippen MR) is 112 cm³/mol. The van der Waals surface area contributed by atoms with Crippen molar-refractivity contribution in [3.8, 4) is 17.1 Å². The standard InChI is InChI=1S/C21H21ClN2O4S/c1-4-17-12-24(18-11-16(22)7-8-19(18)27-17)29(25,26)21-10-15(6-5-13(21)2)20-9-14(3)23-28-20/h5-11,17H,4,12H2,1-3H3/t17-/m1/s1. The van der Waals surface area contributed by atoms with Gasteiger partial charge in [-0.3, -0.25) is 4.31 Å². The predicted octanol–water partition coefficient (Wildman–Crippen LogP) is 4.98. The molecule has 2 heterocycles. The smallest absolute Gasteiger partial charge is 0.264 e. The molecule has 0 N–H and O–H groups in total. The zero-order valence-electron chi connectivity index (χ0n) is 16.3. The molecule has 0 spiro atoms. The van der Waals surface area contributed by atoms with Gasteiger partial charge in [0.25, 0.3) is 10.0 Å². The molecule has 1 aromatic heterocycles. The van der Waals surface area contributed by atoms with Crippen LogP contribution in [0.5, 0.6) is 5.75 Å². The first-order valence-electron chi connectivity index (χ1n) is 9.33. The van der Waals surface area contributed by atoms with E-state index in [0.29, 0.717) is 39.8 Å². The molecule has 1 aliphatic rings. The normalized spacial score (nSPS) is 16.4. The van der Waals surface area contributed by atoms with Gasteiger partial charge in [0.1, 0.15) is 11.9 Å². The number of halogens is 1. The highest BCUT2D eigenvalue weighted by molar-refractivity contribution is 7.93. The molecule has 0 amide bonds. The van der Waals surface area contributed by atoms with E-state index in [-0.39, 0.29) is 17.5 Å². The number of anilines is 1. The van der Waals surface area contributed by atoms with E-state index in [1.54, 1.807) is 43.3 Å². The van der Waals surface area contributed by atoms with E-state index < -0.39 is 10.0 Å². The van der Waals surface area contributed by atoms with E-state index in [1.807, 2.05) is 19.9 Å². The molecule has 29 heavy (non-hydrogen) atoms. The Morgan fingerprint density at radius 2 is 1.97 bits per heavy atom. The average molecular weight is 433 g/mol. The molecule has 4 rings (SSSR count). The van der Waals surface area contributed by atoms with E-state index in [1.165, 1.54) is 4.31 Å². The van der Waals surface area contributed by atoms with Crippen LogP contribution in [0.4, 0.5) is 5.69 Å². The third kappa shape index (κ3) is 3.60. The van der Waals surface area contributed by atoms with Crippen LogP contribution in [0.2, 0.25) is 5.02 Å². The summed E-state index contributed by atoms with van der Waals surface area (Å²) in [5, 5.41) is 4.34. The van der Waals surface area contributed by atoms with Gasteiger partial charge in [0, 0.05) is 16.7 Å². The van der Waals surface area contributed by atoms with E-state index >= 15 is 0 Å². The van der Waals surface area contributed by atoms with Gasteiger partial charge in [-0.25, -0.2) is 8.42 Å². The molecule has 0 fully saturated rings. The van der Waals surface area contributed by atoms with Gasteiger partial charge in [-0.1, -0.05) is 35.8 Å². The summed E-state index contributed by atoms with van der Waals surface area (Å²) in [7, 11) is -3.86. The van der Waals surface area contributed by atoms with Crippen molar-refractivity contribution in [3.05, 3.63) is 58.7 Å². The minimum absolute atomic E-state index is 0.215. The van der Waals surface area contributed by atoms with Crippen molar-refractivity contribution in [2.24, 2.45) is 0 Å². The van der Waals surface area contributed by atoms with Crippen LogP contribution in [-0.4, -0.2) is 26.2 Å². The molecular formula is C21H21ClN2O4S. The van der Waals surface area contributed by atoms with Crippen LogP contribution in [0.25, 0.3) is 11.3 Å². The Labute approximate surface area is 175 Å². The third-order valence-corrected chi connectivity index (χ3v) is 7.13. The van der Waals surface area contributed by atoms with Gasteiger partial charge in [0.15, 0.2) is 5.76 Å². The fraction of sp³-hybridized carbons (Fsp3) is 0.286. The zero-order valence-corrected chi connectivity index (χ0v) is 17.9. The summed E-state index contributed by atoms with van der Waals surface area (Å²) in [6, 6.07) is 12.0. The molecule has 8 heteroatoms. The number of nitrogens with zero attached hydrogens (tertiary/aromatic N) is 2. The number of sulfonamides is 1. The van der Waals surface area contributed by atoms with Crippen molar-refractivity contribution >= 4 is 27.3 Å². The Morgan fingerprint density at radius 3 is 2.66 bits per heavy atom. The molecule has 152 valence electrons. The minimum atomic E-state index is -3.86. The quantitative estimate of drug-likeness (QED) is 0.581. The molecule has 2 aromatic carbocycles. The van der Waals surface area contributed by atoms with Crippen LogP contribution >= 0.6 is 11.6 Å². The topological polar surface area (TPSA) is 72.6 Å². The van der Waals surface area contributed by atoms with Crippen molar-refractivity contribution in [1.82, 2.24) is 5.16 Å². The molecule has 0 bridgehead atoms. The number of rotatable bonds is 4. The highest BCUT2D eigenvalue weighted by atomic mass is 35.5. The third-order valence-electron chi connectivity index (χ3n) is 4.98. The van der Waals surface area contributed by atoms with Gasteiger partial charge in [-0.15, -0.1) is 0 Å². The largest absolute Gasteiger partial charge is 0.486 e. The molecule has 0 saturated heterocycles. The average Bonchev–Trinajstić information content (AvgIpc) is 3.13.